The van der Waals surface area contributed by atoms with E-state index in [-0.39, 0.29) is 22.8 Å². The summed E-state index contributed by atoms with van der Waals surface area (Å²) in [5, 5.41) is 21.4. The molecule has 4 aromatic rings. The number of nitrogens with zero attached hydrogens (tertiary/aromatic N) is 2. The van der Waals surface area contributed by atoms with Gasteiger partial charge in [0.2, 0.25) is 5.79 Å². The monoisotopic (exact) mass is 486 g/mol. The SMILES string of the molecule is CS(=O)(=O)c1ccc(-c2ccc3nc4c(n3c2)[C@@H](c2ccccc2OC(F)F)CC4(O)O)cc1. The van der Waals surface area contributed by atoms with Crippen molar-refractivity contribution in [3.63, 3.8) is 0 Å². The first-order valence-electron chi connectivity index (χ1n) is 10.4. The molecule has 0 saturated heterocycles. The highest BCUT2D eigenvalue weighted by Gasteiger charge is 2.46. The number of hydrogen-bond donors (Lipinski definition) is 2. The van der Waals surface area contributed by atoms with E-state index < -0.39 is 28.2 Å². The summed E-state index contributed by atoms with van der Waals surface area (Å²) in [7, 11) is -3.34. The van der Waals surface area contributed by atoms with E-state index in [0.717, 1.165) is 17.4 Å². The zero-order valence-electron chi connectivity index (χ0n) is 17.9. The Bertz CT molecular complexity index is 1500. The number of fused-ring (bicyclic) bond motifs is 3. The first-order valence-corrected chi connectivity index (χ1v) is 12.3. The van der Waals surface area contributed by atoms with Gasteiger partial charge in [0, 0.05) is 30.4 Å². The van der Waals surface area contributed by atoms with E-state index in [1.54, 1.807) is 53.1 Å². The van der Waals surface area contributed by atoms with Crippen LogP contribution in [-0.2, 0) is 15.6 Å². The molecule has 1 aliphatic rings. The van der Waals surface area contributed by atoms with Gasteiger partial charge in [-0.25, -0.2) is 13.4 Å². The average Bonchev–Trinajstić information content (AvgIpc) is 3.28. The number of para-hydroxylation sites is 1. The lowest BCUT2D eigenvalue weighted by Crippen LogP contribution is -2.22. The minimum atomic E-state index is -3.34. The number of alkyl halides is 2. The van der Waals surface area contributed by atoms with Gasteiger partial charge < -0.3 is 19.4 Å². The number of halogens is 2. The molecule has 0 amide bonds. The number of aromatic nitrogens is 2. The number of hydrogen-bond acceptors (Lipinski definition) is 6. The molecule has 5 rings (SSSR count). The maximum Gasteiger partial charge on any atom is 0.387 e. The molecule has 2 aromatic heterocycles. The van der Waals surface area contributed by atoms with Crippen molar-refractivity contribution in [1.82, 2.24) is 9.38 Å². The lowest BCUT2D eigenvalue weighted by molar-refractivity contribution is -0.170. The van der Waals surface area contributed by atoms with Crippen molar-refractivity contribution < 1.29 is 32.1 Å². The summed E-state index contributed by atoms with van der Waals surface area (Å²) in [5.41, 5.74) is 2.82. The van der Waals surface area contributed by atoms with Gasteiger partial charge in [-0.2, -0.15) is 8.78 Å². The third kappa shape index (κ3) is 3.83. The van der Waals surface area contributed by atoms with Gasteiger partial charge in [0.05, 0.1) is 10.6 Å². The van der Waals surface area contributed by atoms with Gasteiger partial charge in [-0.3, -0.25) is 0 Å². The van der Waals surface area contributed by atoms with Crippen LogP contribution in [0, 0.1) is 0 Å². The lowest BCUT2D eigenvalue weighted by atomic mass is 9.95. The largest absolute Gasteiger partial charge is 0.435 e. The highest BCUT2D eigenvalue weighted by atomic mass is 32.2. The van der Waals surface area contributed by atoms with Gasteiger partial charge in [-0.05, 0) is 41.5 Å². The second-order valence-corrected chi connectivity index (χ2v) is 10.3. The molecule has 0 fully saturated rings. The third-order valence-electron chi connectivity index (χ3n) is 5.98. The third-order valence-corrected chi connectivity index (χ3v) is 7.11. The van der Waals surface area contributed by atoms with E-state index >= 15 is 0 Å². The molecule has 2 N–H and O–H groups in total. The van der Waals surface area contributed by atoms with E-state index in [1.807, 2.05) is 0 Å². The van der Waals surface area contributed by atoms with Crippen molar-refractivity contribution in [1.29, 1.82) is 0 Å². The molecule has 1 atom stereocenters. The van der Waals surface area contributed by atoms with Crippen LogP contribution in [0.4, 0.5) is 8.78 Å². The van der Waals surface area contributed by atoms with E-state index in [1.165, 1.54) is 18.2 Å². The maximum atomic E-state index is 13.0. The summed E-state index contributed by atoms with van der Waals surface area (Å²) in [5.74, 6) is -2.97. The summed E-state index contributed by atoms with van der Waals surface area (Å²) in [4.78, 5) is 4.58. The minimum absolute atomic E-state index is 0.0476. The fourth-order valence-electron chi connectivity index (χ4n) is 4.46. The molecule has 2 heterocycles. The molecule has 0 unspecified atom stereocenters. The molecule has 1 aliphatic carbocycles. The number of imidazole rings is 1. The van der Waals surface area contributed by atoms with Crippen LogP contribution in [0.1, 0.15) is 29.3 Å². The Labute approximate surface area is 193 Å². The molecule has 0 aliphatic heterocycles. The zero-order valence-corrected chi connectivity index (χ0v) is 18.7. The highest BCUT2D eigenvalue weighted by molar-refractivity contribution is 7.90. The minimum Gasteiger partial charge on any atom is -0.435 e. The summed E-state index contributed by atoms with van der Waals surface area (Å²) >= 11 is 0. The standard InChI is InChI=1S/C24H20F2N2O5S/c1-34(31,32)16-9-6-14(7-10-16)15-8-11-20-27-22-21(28(20)13-15)18(12-24(22,29)30)17-4-2-3-5-19(17)33-23(25)26/h2-11,13,18,23,29-30H,12H2,1H3/t18-/m1/s1. The topological polar surface area (TPSA) is 101 Å². The van der Waals surface area contributed by atoms with Crippen LogP contribution in [0.3, 0.4) is 0 Å². The molecule has 2 aromatic carbocycles. The van der Waals surface area contributed by atoms with Crippen LogP contribution in [0.5, 0.6) is 5.75 Å². The number of rotatable bonds is 5. The van der Waals surface area contributed by atoms with E-state index in [4.69, 9.17) is 0 Å². The molecule has 7 nitrogen and oxygen atoms in total. The molecule has 10 heteroatoms. The maximum absolute atomic E-state index is 13.0. The second kappa shape index (κ2) is 7.86. The van der Waals surface area contributed by atoms with Crippen molar-refractivity contribution >= 4 is 15.5 Å². The normalized spacial score (nSPS) is 17.3. The van der Waals surface area contributed by atoms with Crippen molar-refractivity contribution in [2.45, 2.75) is 29.6 Å². The van der Waals surface area contributed by atoms with Crippen LogP contribution < -0.4 is 4.74 Å². The Balaban J connectivity index is 1.65. The van der Waals surface area contributed by atoms with E-state index in [9.17, 15) is 27.4 Å². The summed E-state index contributed by atoms with van der Waals surface area (Å²) < 4.78 is 55.9. The molecular formula is C24H20F2N2O5S. The van der Waals surface area contributed by atoms with Gasteiger partial charge >= 0.3 is 6.61 Å². The highest BCUT2D eigenvalue weighted by Crippen LogP contribution is 2.48. The zero-order chi connectivity index (χ0) is 24.3. The predicted molar refractivity (Wildman–Crippen MR) is 119 cm³/mol. The van der Waals surface area contributed by atoms with Crippen LogP contribution in [0.25, 0.3) is 16.8 Å². The van der Waals surface area contributed by atoms with Gasteiger partial charge in [0.15, 0.2) is 9.84 Å². The number of ether oxygens (including phenoxy) is 1. The van der Waals surface area contributed by atoms with Crippen LogP contribution in [-0.4, -0.2) is 40.9 Å². The first-order chi connectivity index (χ1) is 16.0. The number of benzene rings is 2. The number of sulfone groups is 1. The van der Waals surface area contributed by atoms with Gasteiger partial charge in [0.1, 0.15) is 17.1 Å². The van der Waals surface area contributed by atoms with Crippen LogP contribution >= 0.6 is 0 Å². The second-order valence-electron chi connectivity index (χ2n) is 8.28. The van der Waals surface area contributed by atoms with Crippen molar-refractivity contribution in [3.05, 3.63) is 83.8 Å². The molecule has 176 valence electrons. The summed E-state index contributed by atoms with van der Waals surface area (Å²) in [6.45, 7) is -3.03. The first kappa shape index (κ1) is 22.5. The van der Waals surface area contributed by atoms with Gasteiger partial charge in [-0.1, -0.05) is 30.3 Å². The van der Waals surface area contributed by atoms with Crippen LogP contribution in [0.15, 0.2) is 71.8 Å². The van der Waals surface area contributed by atoms with E-state index in [0.29, 0.717) is 16.9 Å². The fraction of sp³-hybridized carbons (Fsp3) is 0.208. The Morgan fingerprint density at radius 2 is 1.74 bits per heavy atom. The number of pyridine rings is 1. The lowest BCUT2D eigenvalue weighted by Gasteiger charge is -2.19. The van der Waals surface area contributed by atoms with E-state index in [2.05, 4.69) is 9.72 Å². The molecule has 0 bridgehead atoms. The average molecular weight is 486 g/mol. The molecule has 0 radical (unpaired) electrons. The van der Waals surface area contributed by atoms with Gasteiger partial charge in [-0.15, -0.1) is 0 Å². The van der Waals surface area contributed by atoms with Gasteiger partial charge in [0.25, 0.3) is 0 Å². The molecule has 0 spiro atoms. The quantitative estimate of drug-likeness (QED) is 0.418. The Morgan fingerprint density at radius 1 is 1.06 bits per heavy atom. The Hall–Kier alpha value is -3.34. The molecule has 34 heavy (non-hydrogen) atoms. The summed E-state index contributed by atoms with van der Waals surface area (Å²) in [6.07, 6.45) is 2.71. The fourth-order valence-corrected chi connectivity index (χ4v) is 5.09. The van der Waals surface area contributed by atoms with Crippen molar-refractivity contribution in [2.75, 3.05) is 6.26 Å². The Morgan fingerprint density at radius 3 is 2.41 bits per heavy atom. The predicted octanol–water partition coefficient (Wildman–Crippen LogP) is 3.68. The molecule has 0 saturated carbocycles. The smallest absolute Gasteiger partial charge is 0.387 e. The number of aliphatic hydroxyl groups is 2. The Kier molecular flexibility index (Phi) is 5.19. The molecular weight excluding hydrogens is 466 g/mol. The summed E-state index contributed by atoms with van der Waals surface area (Å²) in [6, 6.07) is 16.1. The van der Waals surface area contributed by atoms with Crippen LogP contribution in [0.2, 0.25) is 0 Å². The van der Waals surface area contributed by atoms with Crippen molar-refractivity contribution in [2.24, 2.45) is 0 Å². The van der Waals surface area contributed by atoms with Crippen molar-refractivity contribution in [3.8, 4) is 16.9 Å².